The van der Waals surface area contributed by atoms with Crippen molar-refractivity contribution in [3.8, 4) is 10.4 Å². The summed E-state index contributed by atoms with van der Waals surface area (Å²) in [5.74, 6) is -5.21. The van der Waals surface area contributed by atoms with Gasteiger partial charge in [-0.1, -0.05) is 32.9 Å². The molecule has 5 aromatic rings. The third-order valence-electron chi connectivity index (χ3n) is 13.3. The molecule has 0 aliphatic carbocycles. The van der Waals surface area contributed by atoms with Gasteiger partial charge in [0.15, 0.2) is 0 Å². The molecule has 2 aliphatic rings. The topological polar surface area (TPSA) is 264 Å². The number of fused-ring (bicyclic) bond motifs is 1. The Balaban J connectivity index is 0.703. The van der Waals surface area contributed by atoms with Crippen LogP contribution in [0.15, 0.2) is 72.2 Å². The second-order valence-electron chi connectivity index (χ2n) is 20.2. The number of H-pyrrole nitrogens is 1. The molecule has 4 heterocycles. The van der Waals surface area contributed by atoms with Crippen molar-refractivity contribution in [3.05, 3.63) is 101 Å². The fourth-order valence-corrected chi connectivity index (χ4v) is 9.88. The number of nitrogens with one attached hydrogen (secondary N) is 4. The largest absolute Gasteiger partial charge is 0.391 e. The SMILES string of the molecule is Cc1ncsc1-c1ccc(N(C)C(=O)[C@@H]2C[C@@H](O)CN2C(=O)C(NC(=O)COCCOCCOCCOCCOCCNC(=O)c2cc3cc(N4CCC(O)(C(=O)NCc5cc(F)cc(F)c5)C4=O)ccc3[nH]2)C(C)(C)C)cc1. The minimum atomic E-state index is -2.38. The molecule has 426 valence electrons. The number of halogens is 2. The van der Waals surface area contributed by atoms with Crippen LogP contribution in [0, 0.1) is 24.0 Å². The van der Waals surface area contributed by atoms with Gasteiger partial charge in [-0.2, -0.15) is 0 Å². The number of amides is 6. The number of aliphatic hydroxyl groups excluding tert-OH is 1. The molecule has 6 amide bonds. The van der Waals surface area contributed by atoms with Crippen molar-refractivity contribution < 1.29 is 71.4 Å². The van der Waals surface area contributed by atoms with Crippen molar-refractivity contribution in [1.29, 1.82) is 0 Å². The van der Waals surface area contributed by atoms with E-state index in [0.29, 0.717) is 54.8 Å². The zero-order valence-electron chi connectivity index (χ0n) is 44.8. The smallest absolute Gasteiger partial charge is 0.268 e. The number of nitrogens with zero attached hydrogens (tertiary/aromatic N) is 4. The number of thiazole rings is 1. The highest BCUT2D eigenvalue weighted by Crippen LogP contribution is 2.33. The van der Waals surface area contributed by atoms with E-state index in [0.717, 1.165) is 28.3 Å². The molecule has 2 fully saturated rings. The number of aromatic nitrogens is 2. The Hall–Kier alpha value is -6.77. The standard InChI is InChI=1S/C55H68F2N8O13S/c1-34-47(79-33-60-34)36-6-8-40(9-7-36)63(5)50(69)45-29-42(66)31-65(45)51(70)48(54(2,3)4)62-46(67)32-78-23-22-77-21-20-76-19-18-75-17-16-74-15-13-58-49(68)44-27-37-26-41(10-11-43(37)61-44)64-14-12-55(73,53(64)72)52(71)59-30-35-24-38(56)28-39(57)25-35/h6-11,24-28,33,42,45,48,61,66,73H,12-23,29-32H2,1-5H3,(H,58,68)(H,59,71)(H,62,67)/t42-,45+,48?,55?/m1/s1. The van der Waals surface area contributed by atoms with E-state index in [4.69, 9.17) is 23.7 Å². The third-order valence-corrected chi connectivity index (χ3v) is 14.3. The first-order valence-electron chi connectivity index (χ1n) is 25.9. The van der Waals surface area contributed by atoms with Gasteiger partial charge in [0.05, 0.1) is 81.6 Å². The molecule has 2 unspecified atom stereocenters. The number of aryl methyl sites for hydroxylation is 1. The van der Waals surface area contributed by atoms with E-state index in [2.05, 4.69) is 25.9 Å². The van der Waals surface area contributed by atoms with Crippen LogP contribution in [0.25, 0.3) is 21.3 Å². The van der Waals surface area contributed by atoms with Gasteiger partial charge in [0.1, 0.15) is 36.0 Å². The lowest BCUT2D eigenvalue weighted by Crippen LogP contribution is -2.58. The Kier molecular flexibility index (Phi) is 20.8. The van der Waals surface area contributed by atoms with Crippen molar-refractivity contribution in [3.63, 3.8) is 0 Å². The molecule has 7 rings (SSSR count). The number of anilines is 2. The van der Waals surface area contributed by atoms with Gasteiger partial charge in [-0.25, -0.2) is 13.8 Å². The molecule has 2 aromatic heterocycles. The molecular weight excluding hydrogens is 1050 g/mol. The second-order valence-corrected chi connectivity index (χ2v) is 21.1. The van der Waals surface area contributed by atoms with E-state index in [-0.39, 0.29) is 102 Å². The quantitative estimate of drug-likeness (QED) is 0.0324. The molecular formula is C55H68F2N8O13S. The zero-order chi connectivity index (χ0) is 56.9. The van der Waals surface area contributed by atoms with Crippen molar-refractivity contribution in [1.82, 2.24) is 30.8 Å². The molecule has 0 saturated carbocycles. The molecule has 0 bridgehead atoms. The van der Waals surface area contributed by atoms with E-state index in [1.165, 1.54) is 26.0 Å². The van der Waals surface area contributed by atoms with Gasteiger partial charge in [-0.05, 0) is 72.0 Å². The number of aliphatic hydroxyl groups is 2. The Morgan fingerprint density at radius 2 is 1.51 bits per heavy atom. The lowest BCUT2D eigenvalue weighted by Gasteiger charge is -2.36. The fraction of sp³-hybridized carbons (Fsp3) is 0.473. The number of hydrogen-bond donors (Lipinski definition) is 6. The summed E-state index contributed by atoms with van der Waals surface area (Å²) in [5.41, 5.74) is 2.61. The molecule has 0 spiro atoms. The van der Waals surface area contributed by atoms with E-state index >= 15 is 0 Å². The molecule has 2 saturated heterocycles. The minimum Gasteiger partial charge on any atom is -0.391 e. The lowest BCUT2D eigenvalue weighted by atomic mass is 9.85. The Morgan fingerprint density at radius 3 is 2.13 bits per heavy atom. The number of aromatic amines is 1. The van der Waals surface area contributed by atoms with Crippen LogP contribution in [0.3, 0.4) is 0 Å². The maximum Gasteiger partial charge on any atom is 0.268 e. The molecule has 21 nitrogen and oxygen atoms in total. The summed E-state index contributed by atoms with van der Waals surface area (Å²) in [5, 5.41) is 30.2. The highest BCUT2D eigenvalue weighted by molar-refractivity contribution is 7.13. The molecule has 24 heteroatoms. The van der Waals surface area contributed by atoms with Gasteiger partial charge in [0, 0.05) is 74.4 Å². The summed E-state index contributed by atoms with van der Waals surface area (Å²) in [7, 11) is 1.63. The Labute approximate surface area is 459 Å². The number of benzene rings is 3. The number of β-amino-alcohol motifs (C(OH)–C–C–N with tert-alkyl or cyclic N) is 1. The minimum absolute atomic E-state index is 0.0299. The molecule has 2 aliphatic heterocycles. The average molecular weight is 1120 g/mol. The summed E-state index contributed by atoms with van der Waals surface area (Å²) in [6.07, 6.45) is -1.05. The molecule has 6 N–H and O–H groups in total. The van der Waals surface area contributed by atoms with Crippen LogP contribution in [-0.4, -0.2) is 177 Å². The monoisotopic (exact) mass is 1120 g/mol. The predicted molar refractivity (Wildman–Crippen MR) is 288 cm³/mol. The van der Waals surface area contributed by atoms with Crippen molar-refractivity contribution in [2.24, 2.45) is 5.41 Å². The molecule has 79 heavy (non-hydrogen) atoms. The Bertz CT molecular complexity index is 2910. The van der Waals surface area contributed by atoms with Crippen LogP contribution in [0.2, 0.25) is 0 Å². The summed E-state index contributed by atoms with van der Waals surface area (Å²) in [6.45, 7) is 9.28. The van der Waals surface area contributed by atoms with Gasteiger partial charge in [-0.15, -0.1) is 11.3 Å². The van der Waals surface area contributed by atoms with Gasteiger partial charge < -0.3 is 69.5 Å². The molecule has 3 aromatic carbocycles. The molecule has 4 atom stereocenters. The highest BCUT2D eigenvalue weighted by atomic mass is 32.1. The van der Waals surface area contributed by atoms with Crippen LogP contribution in [0.1, 0.15) is 55.4 Å². The van der Waals surface area contributed by atoms with E-state index in [1.807, 2.05) is 52.0 Å². The van der Waals surface area contributed by atoms with Crippen LogP contribution in [-0.2, 0) is 54.2 Å². The summed E-state index contributed by atoms with van der Waals surface area (Å²) < 4.78 is 54.8. The number of rotatable bonds is 27. The van der Waals surface area contributed by atoms with E-state index in [1.54, 1.807) is 36.8 Å². The average Bonchev–Trinajstić information content (AvgIpc) is 4.40. The first-order valence-corrected chi connectivity index (χ1v) is 26.7. The number of likely N-dealkylation sites (N-methyl/N-ethyl adjacent to an activating group) is 1. The molecule has 0 radical (unpaired) electrons. The van der Waals surface area contributed by atoms with Gasteiger partial charge in [-0.3, -0.25) is 28.8 Å². The number of ether oxygens (including phenoxy) is 5. The zero-order valence-corrected chi connectivity index (χ0v) is 45.6. The second kappa shape index (κ2) is 27.4. The Morgan fingerprint density at radius 1 is 0.873 bits per heavy atom. The van der Waals surface area contributed by atoms with Gasteiger partial charge in [0.25, 0.3) is 17.7 Å². The number of likely N-dealkylation sites (tertiary alicyclic amines) is 1. The fourth-order valence-electron chi connectivity index (χ4n) is 9.07. The van der Waals surface area contributed by atoms with E-state index in [9.17, 15) is 47.8 Å². The lowest BCUT2D eigenvalue weighted by molar-refractivity contribution is -0.149. The van der Waals surface area contributed by atoms with Crippen molar-refractivity contribution in [2.75, 3.05) is 103 Å². The maximum atomic E-state index is 14.0. The number of carbonyl (C=O) groups is 6. The van der Waals surface area contributed by atoms with Gasteiger partial charge in [0.2, 0.25) is 23.3 Å². The third kappa shape index (κ3) is 15.7. The summed E-state index contributed by atoms with van der Waals surface area (Å²) in [6, 6.07) is 14.9. The number of carbonyl (C=O) groups excluding carboxylic acids is 6. The van der Waals surface area contributed by atoms with E-state index < -0.39 is 64.5 Å². The van der Waals surface area contributed by atoms with Crippen molar-refractivity contribution in [2.45, 2.75) is 70.9 Å². The highest BCUT2D eigenvalue weighted by Gasteiger charge is 2.52. The number of hydrogen-bond acceptors (Lipinski definition) is 15. The summed E-state index contributed by atoms with van der Waals surface area (Å²) >= 11 is 1.53. The maximum absolute atomic E-state index is 14.0. The van der Waals surface area contributed by atoms with Gasteiger partial charge >= 0.3 is 0 Å². The first-order chi connectivity index (χ1) is 37.7. The first kappa shape index (κ1) is 59.9. The predicted octanol–water partition coefficient (Wildman–Crippen LogP) is 3.63. The van der Waals surface area contributed by atoms with Crippen LogP contribution >= 0.6 is 11.3 Å². The summed E-state index contributed by atoms with van der Waals surface area (Å²) in [4.78, 5) is 92.4. The van der Waals surface area contributed by atoms with Crippen LogP contribution in [0.5, 0.6) is 0 Å². The van der Waals surface area contributed by atoms with Crippen LogP contribution in [0.4, 0.5) is 20.2 Å². The van der Waals surface area contributed by atoms with Crippen LogP contribution < -0.4 is 25.8 Å². The normalized spacial score (nSPS) is 17.8. The van der Waals surface area contributed by atoms with Crippen molar-refractivity contribution >= 4 is 69.1 Å².